The molecule has 0 aliphatic carbocycles. The van der Waals surface area contributed by atoms with Crippen LogP contribution in [0.4, 0.5) is 11.4 Å². The summed E-state index contributed by atoms with van der Waals surface area (Å²) < 4.78 is 11.2. The van der Waals surface area contributed by atoms with Gasteiger partial charge in [0.2, 0.25) is 0 Å². The first-order valence-electron chi connectivity index (χ1n) is 10.6. The molecule has 1 aliphatic heterocycles. The normalized spacial score (nSPS) is 14.8. The van der Waals surface area contributed by atoms with Gasteiger partial charge in [-0.2, -0.15) is 0 Å². The molecule has 1 fully saturated rings. The van der Waals surface area contributed by atoms with Crippen molar-refractivity contribution in [2.24, 2.45) is 0 Å². The van der Waals surface area contributed by atoms with Crippen molar-refractivity contribution >= 4 is 39.2 Å². The summed E-state index contributed by atoms with van der Waals surface area (Å²) in [6.07, 6.45) is 0. The number of carbonyl (C=O) groups is 1. The second-order valence-electron chi connectivity index (χ2n) is 7.97. The number of hydrogen-bond acceptors (Lipinski definition) is 4. The number of methoxy groups -OCH3 is 1. The van der Waals surface area contributed by atoms with Crippen LogP contribution in [0.2, 0.25) is 0 Å². The minimum Gasteiger partial charge on any atom is -0.497 e. The third-order valence-corrected chi connectivity index (χ3v) is 5.96. The van der Waals surface area contributed by atoms with E-state index in [0.717, 1.165) is 59.6 Å². The zero-order chi connectivity index (χ0) is 21.2. The lowest BCUT2D eigenvalue weighted by molar-refractivity contribution is -0.892. The Hall–Kier alpha value is -3.51. The van der Waals surface area contributed by atoms with Crippen LogP contribution in [0.15, 0.2) is 71.1 Å². The van der Waals surface area contributed by atoms with Crippen LogP contribution in [0.5, 0.6) is 5.75 Å². The summed E-state index contributed by atoms with van der Waals surface area (Å²) in [6.45, 7) is 4.16. The van der Waals surface area contributed by atoms with Gasteiger partial charge in [-0.1, -0.05) is 24.3 Å². The number of fused-ring (bicyclic) bond motifs is 3. The molecule has 1 aromatic heterocycles. The third kappa shape index (κ3) is 4.07. The van der Waals surface area contributed by atoms with Crippen molar-refractivity contribution in [1.82, 2.24) is 0 Å². The molecule has 0 bridgehead atoms. The van der Waals surface area contributed by atoms with Crippen LogP contribution in [0, 0.1) is 0 Å². The number of quaternary nitrogens is 1. The number of benzene rings is 3. The summed E-state index contributed by atoms with van der Waals surface area (Å²) in [4.78, 5) is 16.3. The van der Waals surface area contributed by atoms with Crippen molar-refractivity contribution in [3.05, 3.63) is 66.7 Å². The summed E-state index contributed by atoms with van der Waals surface area (Å²) >= 11 is 0. The topological polar surface area (TPSA) is 59.2 Å². The molecule has 1 aliphatic rings. The van der Waals surface area contributed by atoms with Gasteiger partial charge >= 0.3 is 0 Å². The molecule has 158 valence electrons. The number of carbonyl (C=O) groups excluding carboxylic acids is 1. The van der Waals surface area contributed by atoms with Crippen LogP contribution < -0.4 is 19.9 Å². The SMILES string of the molecule is COc1cccc(N2CC[NH+](CC(=O)Nc3ccc4oc5ccccc5c4c3)CC2)c1. The molecule has 1 saturated heterocycles. The summed E-state index contributed by atoms with van der Waals surface area (Å²) in [7, 11) is 1.69. The Labute approximate surface area is 181 Å². The smallest absolute Gasteiger partial charge is 0.279 e. The van der Waals surface area contributed by atoms with Crippen LogP contribution in [0.25, 0.3) is 21.9 Å². The molecule has 5 rings (SSSR count). The second-order valence-corrected chi connectivity index (χ2v) is 7.97. The highest BCUT2D eigenvalue weighted by molar-refractivity contribution is 6.06. The zero-order valence-corrected chi connectivity index (χ0v) is 17.6. The monoisotopic (exact) mass is 416 g/mol. The van der Waals surface area contributed by atoms with E-state index in [1.54, 1.807) is 7.11 Å². The molecule has 1 amide bonds. The fourth-order valence-corrected chi connectivity index (χ4v) is 4.30. The minimum absolute atomic E-state index is 0.0389. The molecule has 0 spiro atoms. The molecule has 0 radical (unpaired) electrons. The van der Waals surface area contributed by atoms with Crippen molar-refractivity contribution in [3.8, 4) is 5.75 Å². The number of nitrogens with zero attached hydrogens (tertiary/aromatic N) is 1. The van der Waals surface area contributed by atoms with Crippen LogP contribution in [0.3, 0.4) is 0 Å². The number of anilines is 2. The predicted molar refractivity (Wildman–Crippen MR) is 123 cm³/mol. The molecule has 4 aromatic rings. The van der Waals surface area contributed by atoms with E-state index in [9.17, 15) is 4.79 Å². The predicted octanol–water partition coefficient (Wildman–Crippen LogP) is 2.94. The lowest BCUT2D eigenvalue weighted by Gasteiger charge is -2.33. The van der Waals surface area contributed by atoms with E-state index in [4.69, 9.17) is 9.15 Å². The van der Waals surface area contributed by atoms with Crippen molar-refractivity contribution in [1.29, 1.82) is 0 Å². The molecule has 6 nitrogen and oxygen atoms in total. The molecule has 6 heteroatoms. The van der Waals surface area contributed by atoms with Gasteiger partial charge in [-0.3, -0.25) is 4.79 Å². The number of para-hydroxylation sites is 1. The summed E-state index contributed by atoms with van der Waals surface area (Å²) in [5, 5.41) is 5.15. The van der Waals surface area contributed by atoms with Gasteiger partial charge in [0, 0.05) is 28.2 Å². The molecule has 0 unspecified atom stereocenters. The third-order valence-electron chi connectivity index (χ3n) is 5.96. The fourth-order valence-electron chi connectivity index (χ4n) is 4.30. The number of hydrogen-bond donors (Lipinski definition) is 2. The maximum atomic E-state index is 12.7. The molecule has 31 heavy (non-hydrogen) atoms. The maximum absolute atomic E-state index is 12.7. The Morgan fingerprint density at radius 2 is 1.81 bits per heavy atom. The number of piperazine rings is 1. The van der Waals surface area contributed by atoms with Crippen molar-refractivity contribution in [2.45, 2.75) is 0 Å². The van der Waals surface area contributed by atoms with Crippen LogP contribution in [-0.2, 0) is 4.79 Å². The van der Waals surface area contributed by atoms with E-state index in [1.165, 1.54) is 10.6 Å². The Morgan fingerprint density at radius 3 is 2.65 bits per heavy atom. The second kappa shape index (κ2) is 8.32. The van der Waals surface area contributed by atoms with E-state index in [0.29, 0.717) is 6.54 Å². The first-order chi connectivity index (χ1) is 15.2. The first kappa shape index (κ1) is 19.5. The van der Waals surface area contributed by atoms with Crippen molar-refractivity contribution < 1.29 is 18.8 Å². The van der Waals surface area contributed by atoms with Gasteiger partial charge in [-0.15, -0.1) is 0 Å². The van der Waals surface area contributed by atoms with Crippen LogP contribution in [-0.4, -0.2) is 45.7 Å². The maximum Gasteiger partial charge on any atom is 0.279 e. The molecule has 0 atom stereocenters. The van der Waals surface area contributed by atoms with Crippen LogP contribution in [0.1, 0.15) is 0 Å². The van der Waals surface area contributed by atoms with Crippen molar-refractivity contribution in [3.63, 3.8) is 0 Å². The van der Waals surface area contributed by atoms with E-state index in [1.807, 2.05) is 54.6 Å². The summed E-state index contributed by atoms with van der Waals surface area (Å²) in [5.74, 6) is 0.908. The molecule has 0 saturated carbocycles. The van der Waals surface area contributed by atoms with Gasteiger partial charge in [0.25, 0.3) is 5.91 Å². The quantitative estimate of drug-likeness (QED) is 0.525. The van der Waals surface area contributed by atoms with Gasteiger partial charge in [-0.05, 0) is 36.4 Å². The Kier molecular flexibility index (Phi) is 5.22. The Balaban J connectivity index is 1.20. The van der Waals surface area contributed by atoms with Crippen molar-refractivity contribution in [2.75, 3.05) is 50.1 Å². The van der Waals surface area contributed by atoms with Crippen LogP contribution >= 0.6 is 0 Å². The van der Waals surface area contributed by atoms with Gasteiger partial charge < -0.3 is 24.3 Å². The summed E-state index contributed by atoms with van der Waals surface area (Å²) in [5.41, 5.74) is 3.67. The first-order valence-corrected chi connectivity index (χ1v) is 10.6. The lowest BCUT2D eigenvalue weighted by atomic mass is 10.1. The average molecular weight is 417 g/mol. The van der Waals surface area contributed by atoms with Gasteiger partial charge in [-0.25, -0.2) is 0 Å². The van der Waals surface area contributed by atoms with E-state index in [-0.39, 0.29) is 5.91 Å². The van der Waals surface area contributed by atoms with Gasteiger partial charge in [0.15, 0.2) is 6.54 Å². The van der Waals surface area contributed by atoms with Gasteiger partial charge in [0.05, 0.1) is 33.3 Å². The van der Waals surface area contributed by atoms with E-state index < -0.39 is 0 Å². The molecule has 3 aromatic carbocycles. The Bertz CT molecular complexity index is 1230. The number of ether oxygens (including phenoxy) is 1. The highest BCUT2D eigenvalue weighted by Crippen LogP contribution is 2.30. The van der Waals surface area contributed by atoms with E-state index in [2.05, 4.69) is 22.3 Å². The highest BCUT2D eigenvalue weighted by atomic mass is 16.5. The fraction of sp³-hybridized carbons (Fsp3) is 0.240. The minimum atomic E-state index is 0.0389. The molecular weight excluding hydrogens is 390 g/mol. The van der Waals surface area contributed by atoms with E-state index >= 15 is 0 Å². The number of rotatable bonds is 5. The average Bonchev–Trinajstić information content (AvgIpc) is 3.17. The number of furan rings is 1. The number of nitrogens with one attached hydrogen (secondary N) is 2. The highest BCUT2D eigenvalue weighted by Gasteiger charge is 2.22. The largest absolute Gasteiger partial charge is 0.497 e. The van der Waals surface area contributed by atoms with Gasteiger partial charge in [0.1, 0.15) is 16.9 Å². The standard InChI is InChI=1S/C25H25N3O3/c1-30-20-6-4-5-19(16-20)28-13-11-27(12-14-28)17-25(29)26-18-9-10-24-22(15-18)21-7-2-3-8-23(21)31-24/h2-10,15-16H,11-14,17H2,1H3,(H,26,29)/p+1. The molecular formula is C25H26N3O3+. The lowest BCUT2D eigenvalue weighted by Crippen LogP contribution is -3.15. The summed E-state index contributed by atoms with van der Waals surface area (Å²) in [6, 6.07) is 21.9. The molecule has 2 heterocycles. The Morgan fingerprint density at radius 1 is 1.00 bits per heavy atom. The zero-order valence-electron chi connectivity index (χ0n) is 17.6. The molecule has 2 N–H and O–H groups in total. The number of amides is 1.